The lowest BCUT2D eigenvalue weighted by Crippen LogP contribution is -2.18. The minimum atomic E-state index is -4.56. The topological polar surface area (TPSA) is 64.2 Å². The number of alkyl halides is 3. The molecule has 1 N–H and O–H groups in total. The number of hydrogen-bond donors (Lipinski definition) is 1. The molecule has 0 aliphatic rings. The Balaban J connectivity index is 1.75. The van der Waals surface area contributed by atoms with Gasteiger partial charge in [-0.3, -0.25) is 9.59 Å². The van der Waals surface area contributed by atoms with Gasteiger partial charge in [0.05, 0.1) is 12.1 Å². The number of nitrogens with one attached hydrogen (secondary N) is 1. The summed E-state index contributed by atoms with van der Waals surface area (Å²) in [6, 6.07) is 11.0. The first kappa shape index (κ1) is 19.0. The van der Waals surface area contributed by atoms with Crippen LogP contribution in [0.1, 0.15) is 21.9 Å². The van der Waals surface area contributed by atoms with Gasteiger partial charge in [0.1, 0.15) is 5.76 Å². The fraction of sp³-hybridized carbons (Fsp3) is 0.111. The van der Waals surface area contributed by atoms with E-state index in [0.717, 1.165) is 6.07 Å². The normalized spacial score (nSPS) is 11.4. The second kappa shape index (κ2) is 7.43. The van der Waals surface area contributed by atoms with Crippen LogP contribution >= 0.6 is 15.9 Å². The zero-order valence-corrected chi connectivity index (χ0v) is 15.2. The number of nitrogens with zero attached hydrogens (tertiary/aromatic N) is 1. The van der Waals surface area contributed by atoms with Gasteiger partial charge in [0.25, 0.3) is 11.5 Å². The summed E-state index contributed by atoms with van der Waals surface area (Å²) in [6.45, 7) is 0.128. The predicted octanol–water partition coefficient (Wildman–Crippen LogP) is 4.52. The summed E-state index contributed by atoms with van der Waals surface area (Å²) >= 11 is 2.84. The Labute approximate surface area is 159 Å². The van der Waals surface area contributed by atoms with Crippen molar-refractivity contribution < 1.29 is 22.4 Å². The van der Waals surface area contributed by atoms with E-state index in [1.807, 2.05) is 0 Å². The first-order chi connectivity index (χ1) is 12.7. The van der Waals surface area contributed by atoms with E-state index in [0.29, 0.717) is 5.76 Å². The van der Waals surface area contributed by atoms with Gasteiger partial charge >= 0.3 is 6.18 Å². The van der Waals surface area contributed by atoms with Crippen LogP contribution in [0.25, 0.3) is 0 Å². The number of hydrogen-bond acceptors (Lipinski definition) is 3. The smallest absolute Gasteiger partial charge is 0.417 e. The van der Waals surface area contributed by atoms with Crippen molar-refractivity contribution in [2.45, 2.75) is 12.7 Å². The van der Waals surface area contributed by atoms with Gasteiger partial charge in [0, 0.05) is 22.4 Å². The highest BCUT2D eigenvalue weighted by Gasteiger charge is 2.33. The molecule has 0 radical (unpaired) electrons. The van der Waals surface area contributed by atoms with Crippen LogP contribution in [-0.2, 0) is 12.7 Å². The maximum absolute atomic E-state index is 12.9. The summed E-state index contributed by atoms with van der Waals surface area (Å²) in [7, 11) is 0. The standard InChI is InChI=1S/C18H12BrF3N2O3/c19-14-6-4-11(9-13(14)18(20,21)22)23-17(26)15-7-5-12(27-15)10-24-8-2-1-3-16(24)25/h1-9H,10H2,(H,23,26). The van der Waals surface area contributed by atoms with Crippen LogP contribution < -0.4 is 10.9 Å². The van der Waals surface area contributed by atoms with Crippen LogP contribution in [0.3, 0.4) is 0 Å². The minimum absolute atomic E-state index is 0.0206. The molecule has 0 aliphatic heterocycles. The molecule has 2 heterocycles. The number of benzene rings is 1. The number of pyridine rings is 1. The van der Waals surface area contributed by atoms with Gasteiger partial charge in [-0.1, -0.05) is 22.0 Å². The lowest BCUT2D eigenvalue weighted by Gasteiger charge is -2.11. The molecule has 0 fully saturated rings. The molecule has 0 bridgehead atoms. The summed E-state index contributed by atoms with van der Waals surface area (Å²) in [5.41, 5.74) is -1.15. The van der Waals surface area contributed by atoms with Crippen molar-refractivity contribution in [3.8, 4) is 0 Å². The Morgan fingerprint density at radius 2 is 1.93 bits per heavy atom. The third-order valence-electron chi connectivity index (χ3n) is 3.64. The summed E-state index contributed by atoms with van der Waals surface area (Å²) in [5, 5.41) is 2.36. The fourth-order valence-corrected chi connectivity index (χ4v) is 2.83. The highest BCUT2D eigenvalue weighted by atomic mass is 79.9. The van der Waals surface area contributed by atoms with E-state index in [2.05, 4.69) is 21.2 Å². The van der Waals surface area contributed by atoms with Crippen molar-refractivity contribution in [3.63, 3.8) is 0 Å². The molecule has 0 atom stereocenters. The molecular formula is C18H12BrF3N2O3. The number of rotatable bonds is 4. The summed E-state index contributed by atoms with van der Waals surface area (Å²) in [4.78, 5) is 23.9. The molecule has 3 aromatic rings. The predicted molar refractivity (Wildman–Crippen MR) is 95.6 cm³/mol. The van der Waals surface area contributed by atoms with Gasteiger partial charge in [0.15, 0.2) is 5.76 Å². The average Bonchev–Trinajstić information content (AvgIpc) is 3.06. The average molecular weight is 441 g/mol. The molecule has 140 valence electrons. The van der Waals surface area contributed by atoms with E-state index in [4.69, 9.17) is 4.42 Å². The fourth-order valence-electron chi connectivity index (χ4n) is 2.36. The van der Waals surface area contributed by atoms with E-state index in [-0.39, 0.29) is 28.0 Å². The van der Waals surface area contributed by atoms with Crippen LogP contribution in [0.2, 0.25) is 0 Å². The van der Waals surface area contributed by atoms with Crippen LogP contribution in [0.15, 0.2) is 68.4 Å². The number of anilines is 1. The number of aromatic nitrogens is 1. The number of carbonyl (C=O) groups is 1. The Morgan fingerprint density at radius 1 is 1.15 bits per heavy atom. The van der Waals surface area contributed by atoms with Crippen molar-refractivity contribution in [1.29, 1.82) is 0 Å². The maximum Gasteiger partial charge on any atom is 0.417 e. The molecule has 0 unspecified atom stereocenters. The van der Waals surface area contributed by atoms with E-state index in [1.54, 1.807) is 18.3 Å². The van der Waals surface area contributed by atoms with E-state index >= 15 is 0 Å². The Morgan fingerprint density at radius 3 is 2.63 bits per heavy atom. The van der Waals surface area contributed by atoms with E-state index in [1.165, 1.54) is 34.9 Å². The Hall–Kier alpha value is -2.81. The van der Waals surface area contributed by atoms with Gasteiger partial charge in [0.2, 0.25) is 0 Å². The first-order valence-corrected chi connectivity index (χ1v) is 8.45. The number of amides is 1. The van der Waals surface area contributed by atoms with Crippen LogP contribution in [0.4, 0.5) is 18.9 Å². The van der Waals surface area contributed by atoms with Crippen LogP contribution in [0, 0.1) is 0 Å². The van der Waals surface area contributed by atoms with E-state index in [9.17, 15) is 22.8 Å². The lowest BCUT2D eigenvalue weighted by atomic mass is 10.2. The quantitative estimate of drug-likeness (QED) is 0.648. The lowest BCUT2D eigenvalue weighted by molar-refractivity contribution is -0.138. The largest absolute Gasteiger partial charge is 0.454 e. The van der Waals surface area contributed by atoms with Crippen LogP contribution in [0.5, 0.6) is 0 Å². The second-order valence-electron chi connectivity index (χ2n) is 5.58. The first-order valence-electron chi connectivity index (χ1n) is 7.66. The molecule has 1 aromatic carbocycles. The number of carbonyl (C=O) groups excluding carboxylic acids is 1. The molecule has 0 saturated carbocycles. The molecule has 5 nitrogen and oxygen atoms in total. The minimum Gasteiger partial charge on any atom is -0.454 e. The SMILES string of the molecule is O=C(Nc1ccc(Br)c(C(F)(F)F)c1)c1ccc(Cn2ccccc2=O)o1. The van der Waals surface area contributed by atoms with Crippen molar-refractivity contribution in [2.24, 2.45) is 0 Å². The molecule has 9 heteroatoms. The van der Waals surface area contributed by atoms with E-state index < -0.39 is 17.6 Å². The van der Waals surface area contributed by atoms with Crippen LogP contribution in [-0.4, -0.2) is 10.5 Å². The summed E-state index contributed by atoms with van der Waals surface area (Å²) in [5.74, 6) is -0.414. The molecule has 0 aliphatic carbocycles. The third-order valence-corrected chi connectivity index (χ3v) is 4.33. The summed E-state index contributed by atoms with van der Waals surface area (Å²) in [6.07, 6.45) is -2.98. The number of halogens is 4. The third kappa shape index (κ3) is 4.48. The monoisotopic (exact) mass is 440 g/mol. The molecular weight excluding hydrogens is 429 g/mol. The van der Waals surface area contributed by atoms with Gasteiger partial charge in [-0.25, -0.2) is 0 Å². The molecule has 0 saturated heterocycles. The Kier molecular flexibility index (Phi) is 5.22. The van der Waals surface area contributed by atoms with Crippen molar-refractivity contribution in [1.82, 2.24) is 4.57 Å². The van der Waals surface area contributed by atoms with Crippen molar-refractivity contribution >= 4 is 27.5 Å². The molecule has 27 heavy (non-hydrogen) atoms. The molecule has 3 rings (SSSR count). The summed E-state index contributed by atoms with van der Waals surface area (Å²) < 4.78 is 45.5. The molecule has 1 amide bonds. The van der Waals surface area contributed by atoms with Gasteiger partial charge < -0.3 is 14.3 Å². The van der Waals surface area contributed by atoms with Gasteiger partial charge in [-0.05, 0) is 36.4 Å². The Bertz CT molecular complexity index is 1040. The number of furan rings is 1. The maximum atomic E-state index is 12.9. The van der Waals surface area contributed by atoms with Gasteiger partial charge in [-0.15, -0.1) is 0 Å². The van der Waals surface area contributed by atoms with Gasteiger partial charge in [-0.2, -0.15) is 13.2 Å². The zero-order valence-electron chi connectivity index (χ0n) is 13.6. The van der Waals surface area contributed by atoms with Crippen molar-refractivity contribution in [2.75, 3.05) is 5.32 Å². The zero-order chi connectivity index (χ0) is 19.6. The highest BCUT2D eigenvalue weighted by molar-refractivity contribution is 9.10. The second-order valence-corrected chi connectivity index (χ2v) is 6.43. The highest BCUT2D eigenvalue weighted by Crippen LogP contribution is 2.36. The van der Waals surface area contributed by atoms with Crippen molar-refractivity contribution in [3.05, 3.63) is 86.6 Å². The molecule has 0 spiro atoms. The molecule has 2 aromatic heterocycles.